The third-order valence-electron chi connectivity index (χ3n) is 2.88. The number of benzene rings is 2. The van der Waals surface area contributed by atoms with Crippen LogP contribution in [0.4, 0.5) is 11.4 Å². The van der Waals surface area contributed by atoms with Crippen LogP contribution in [0.1, 0.15) is 11.1 Å². The summed E-state index contributed by atoms with van der Waals surface area (Å²) in [5.41, 5.74) is 2.82. The van der Waals surface area contributed by atoms with Crippen LogP contribution in [0.2, 0.25) is 5.02 Å². The van der Waals surface area contributed by atoms with E-state index in [9.17, 15) is 10.1 Å². The standard InChI is InChI=1S/C14H12BrClN2O2/c1-9-2-3-10(6-12(9)15)8-17-11-4-5-13(16)14(7-11)18(19)20/h2-7,17H,8H2,1H3. The highest BCUT2D eigenvalue weighted by Gasteiger charge is 2.12. The van der Waals surface area contributed by atoms with E-state index < -0.39 is 4.92 Å². The van der Waals surface area contributed by atoms with Crippen molar-refractivity contribution in [3.8, 4) is 0 Å². The number of aryl methyl sites for hydroxylation is 1. The molecule has 6 heteroatoms. The molecule has 0 saturated carbocycles. The van der Waals surface area contributed by atoms with Gasteiger partial charge in [-0.25, -0.2) is 0 Å². The van der Waals surface area contributed by atoms with Crippen LogP contribution in [0.5, 0.6) is 0 Å². The van der Waals surface area contributed by atoms with Crippen LogP contribution < -0.4 is 5.32 Å². The van der Waals surface area contributed by atoms with Gasteiger partial charge in [-0.15, -0.1) is 0 Å². The van der Waals surface area contributed by atoms with Gasteiger partial charge >= 0.3 is 0 Å². The van der Waals surface area contributed by atoms with Gasteiger partial charge in [0.05, 0.1) is 4.92 Å². The first-order chi connectivity index (χ1) is 9.47. The number of nitro benzene ring substituents is 1. The zero-order valence-corrected chi connectivity index (χ0v) is 13.0. The Morgan fingerprint density at radius 3 is 2.70 bits per heavy atom. The number of nitrogens with one attached hydrogen (secondary N) is 1. The highest BCUT2D eigenvalue weighted by atomic mass is 79.9. The van der Waals surface area contributed by atoms with Crippen LogP contribution >= 0.6 is 27.5 Å². The number of nitrogens with zero attached hydrogens (tertiary/aromatic N) is 1. The smallest absolute Gasteiger partial charge is 0.289 e. The molecule has 0 spiro atoms. The Balaban J connectivity index is 2.12. The van der Waals surface area contributed by atoms with E-state index in [2.05, 4.69) is 21.2 Å². The lowest BCUT2D eigenvalue weighted by Gasteiger charge is -2.08. The molecule has 0 saturated heterocycles. The molecule has 4 nitrogen and oxygen atoms in total. The van der Waals surface area contributed by atoms with Crippen molar-refractivity contribution in [2.75, 3.05) is 5.32 Å². The first kappa shape index (κ1) is 14.8. The minimum absolute atomic E-state index is 0.0956. The van der Waals surface area contributed by atoms with Gasteiger partial charge in [-0.05, 0) is 36.2 Å². The Morgan fingerprint density at radius 2 is 2.05 bits per heavy atom. The Kier molecular flexibility index (Phi) is 4.62. The molecule has 0 aliphatic carbocycles. The van der Waals surface area contributed by atoms with Gasteiger partial charge in [0, 0.05) is 22.8 Å². The average Bonchev–Trinajstić information content (AvgIpc) is 2.41. The molecule has 2 rings (SSSR count). The monoisotopic (exact) mass is 354 g/mol. The highest BCUT2D eigenvalue weighted by Crippen LogP contribution is 2.27. The number of anilines is 1. The molecule has 0 aliphatic rings. The minimum atomic E-state index is -0.490. The second-order valence-electron chi connectivity index (χ2n) is 4.36. The maximum atomic E-state index is 10.8. The Labute approximate surface area is 130 Å². The van der Waals surface area contributed by atoms with E-state index in [0.29, 0.717) is 12.2 Å². The van der Waals surface area contributed by atoms with E-state index in [1.165, 1.54) is 12.1 Å². The lowest BCUT2D eigenvalue weighted by Crippen LogP contribution is -2.00. The van der Waals surface area contributed by atoms with Crippen LogP contribution in [0.15, 0.2) is 40.9 Å². The van der Waals surface area contributed by atoms with Crippen molar-refractivity contribution in [3.05, 3.63) is 67.1 Å². The van der Waals surface area contributed by atoms with E-state index in [1.807, 2.05) is 25.1 Å². The second-order valence-corrected chi connectivity index (χ2v) is 5.62. The summed E-state index contributed by atoms with van der Waals surface area (Å²) in [6.45, 7) is 2.60. The van der Waals surface area contributed by atoms with Crippen LogP contribution in [0.25, 0.3) is 0 Å². The van der Waals surface area contributed by atoms with E-state index in [0.717, 1.165) is 15.6 Å². The molecule has 0 heterocycles. The number of hydrogen-bond donors (Lipinski definition) is 1. The number of nitro groups is 1. The Bertz CT molecular complexity index is 662. The topological polar surface area (TPSA) is 55.2 Å². The molecule has 104 valence electrons. The summed E-state index contributed by atoms with van der Waals surface area (Å²) in [4.78, 5) is 10.3. The first-order valence-electron chi connectivity index (χ1n) is 5.90. The summed E-state index contributed by atoms with van der Waals surface area (Å²) < 4.78 is 1.04. The molecule has 0 fully saturated rings. The highest BCUT2D eigenvalue weighted by molar-refractivity contribution is 9.10. The quantitative estimate of drug-likeness (QED) is 0.625. The lowest BCUT2D eigenvalue weighted by atomic mass is 10.1. The predicted molar refractivity (Wildman–Crippen MR) is 84.3 cm³/mol. The number of hydrogen-bond acceptors (Lipinski definition) is 3. The minimum Gasteiger partial charge on any atom is -0.381 e. The van der Waals surface area contributed by atoms with Crippen molar-refractivity contribution >= 4 is 38.9 Å². The van der Waals surface area contributed by atoms with Gasteiger partial charge in [0.1, 0.15) is 5.02 Å². The average molecular weight is 356 g/mol. The van der Waals surface area contributed by atoms with Crippen LogP contribution in [0.3, 0.4) is 0 Å². The van der Waals surface area contributed by atoms with Crippen molar-refractivity contribution in [1.82, 2.24) is 0 Å². The summed E-state index contributed by atoms with van der Waals surface area (Å²) in [5.74, 6) is 0. The fourth-order valence-electron chi connectivity index (χ4n) is 1.71. The Hall–Kier alpha value is -1.59. The molecule has 0 unspecified atom stereocenters. The molecule has 1 N–H and O–H groups in total. The van der Waals surface area contributed by atoms with Crippen LogP contribution in [0, 0.1) is 17.0 Å². The second kappa shape index (κ2) is 6.24. The largest absolute Gasteiger partial charge is 0.381 e. The fraction of sp³-hybridized carbons (Fsp3) is 0.143. The first-order valence-corrected chi connectivity index (χ1v) is 7.07. The predicted octanol–water partition coefficient (Wildman–Crippen LogP) is 4.93. The van der Waals surface area contributed by atoms with Crippen molar-refractivity contribution < 1.29 is 4.92 Å². The molecule has 0 radical (unpaired) electrons. The van der Waals surface area contributed by atoms with Crippen LogP contribution in [-0.2, 0) is 6.54 Å². The van der Waals surface area contributed by atoms with Gasteiger partial charge in [0.15, 0.2) is 0 Å². The van der Waals surface area contributed by atoms with E-state index in [4.69, 9.17) is 11.6 Å². The van der Waals surface area contributed by atoms with Crippen LogP contribution in [-0.4, -0.2) is 4.92 Å². The molecule has 2 aromatic rings. The van der Waals surface area contributed by atoms with Crippen molar-refractivity contribution in [3.63, 3.8) is 0 Å². The summed E-state index contributed by atoms with van der Waals surface area (Å²) in [6.07, 6.45) is 0. The molecule has 2 aromatic carbocycles. The van der Waals surface area contributed by atoms with Gasteiger partial charge in [-0.3, -0.25) is 10.1 Å². The fourth-order valence-corrected chi connectivity index (χ4v) is 2.33. The summed E-state index contributed by atoms with van der Waals surface area (Å²) in [5, 5.41) is 14.1. The molecular weight excluding hydrogens is 344 g/mol. The number of halogens is 2. The summed E-state index contributed by atoms with van der Waals surface area (Å²) >= 11 is 9.25. The maximum Gasteiger partial charge on any atom is 0.289 e. The van der Waals surface area contributed by atoms with Gasteiger partial charge in [0.25, 0.3) is 5.69 Å². The van der Waals surface area contributed by atoms with Crippen molar-refractivity contribution in [2.24, 2.45) is 0 Å². The molecule has 20 heavy (non-hydrogen) atoms. The summed E-state index contributed by atoms with van der Waals surface area (Å²) in [6, 6.07) is 10.7. The third kappa shape index (κ3) is 3.49. The molecule has 0 aliphatic heterocycles. The molecule has 0 amide bonds. The zero-order chi connectivity index (χ0) is 14.7. The molecule has 0 aromatic heterocycles. The zero-order valence-electron chi connectivity index (χ0n) is 10.7. The molecular formula is C14H12BrClN2O2. The lowest BCUT2D eigenvalue weighted by molar-refractivity contribution is -0.384. The van der Waals surface area contributed by atoms with Crippen molar-refractivity contribution in [1.29, 1.82) is 0 Å². The van der Waals surface area contributed by atoms with Crippen molar-refractivity contribution in [2.45, 2.75) is 13.5 Å². The third-order valence-corrected chi connectivity index (χ3v) is 4.05. The van der Waals surface area contributed by atoms with Gasteiger partial charge in [-0.2, -0.15) is 0 Å². The van der Waals surface area contributed by atoms with E-state index in [1.54, 1.807) is 6.07 Å². The van der Waals surface area contributed by atoms with Gasteiger partial charge < -0.3 is 5.32 Å². The number of rotatable bonds is 4. The Morgan fingerprint density at radius 1 is 1.30 bits per heavy atom. The van der Waals surface area contributed by atoms with Gasteiger partial charge in [-0.1, -0.05) is 39.7 Å². The maximum absolute atomic E-state index is 10.8. The summed E-state index contributed by atoms with van der Waals surface area (Å²) in [7, 11) is 0. The SMILES string of the molecule is Cc1ccc(CNc2ccc(Cl)c([N+](=O)[O-])c2)cc1Br. The normalized spacial score (nSPS) is 10.3. The van der Waals surface area contributed by atoms with E-state index in [-0.39, 0.29) is 10.7 Å². The van der Waals surface area contributed by atoms with E-state index >= 15 is 0 Å². The molecule has 0 bridgehead atoms. The molecule has 0 atom stereocenters. The van der Waals surface area contributed by atoms with Gasteiger partial charge in [0.2, 0.25) is 0 Å².